The molecular weight excluding hydrogens is 308 g/mol. The summed E-state index contributed by atoms with van der Waals surface area (Å²) in [6.07, 6.45) is 6.60. The molecule has 1 aromatic rings. The van der Waals surface area contributed by atoms with Gasteiger partial charge in [0.05, 0.1) is 11.0 Å². The van der Waals surface area contributed by atoms with Gasteiger partial charge >= 0.3 is 0 Å². The summed E-state index contributed by atoms with van der Waals surface area (Å²) in [5, 5.41) is 4.62. The zero-order valence-electron chi connectivity index (χ0n) is 13.3. The van der Waals surface area contributed by atoms with Gasteiger partial charge in [-0.1, -0.05) is 25.1 Å². The van der Waals surface area contributed by atoms with E-state index in [9.17, 15) is 4.79 Å². The molecule has 1 aromatic carbocycles. The normalized spacial score (nSPS) is 13.2. The Bertz CT molecular complexity index is 969. The van der Waals surface area contributed by atoms with Crippen LogP contribution in [0.2, 0.25) is 0 Å². The van der Waals surface area contributed by atoms with Crippen LogP contribution in [0.5, 0.6) is 0 Å². The van der Waals surface area contributed by atoms with Crippen LogP contribution in [-0.2, 0) is 6.42 Å². The van der Waals surface area contributed by atoms with E-state index in [-0.39, 0.29) is 5.56 Å². The minimum Gasteiger partial charge on any atom is -0.289 e. The summed E-state index contributed by atoms with van der Waals surface area (Å²) in [6.45, 7) is 3.97. The van der Waals surface area contributed by atoms with E-state index in [4.69, 9.17) is 0 Å². The van der Waals surface area contributed by atoms with Crippen LogP contribution in [0.1, 0.15) is 25.1 Å². The average Bonchev–Trinajstić information content (AvgIpc) is 2.89. The van der Waals surface area contributed by atoms with E-state index in [0.29, 0.717) is 11.3 Å². The molecule has 0 saturated heterocycles. The van der Waals surface area contributed by atoms with Crippen molar-refractivity contribution < 1.29 is 0 Å². The summed E-state index contributed by atoms with van der Waals surface area (Å²) in [5.74, 6) is 0.407. The minimum absolute atomic E-state index is 0.280. The smallest absolute Gasteiger partial charge is 0.289 e. The Morgan fingerprint density at radius 1 is 1.26 bits per heavy atom. The number of hydrogen-bond acceptors (Lipinski definition) is 4. The van der Waals surface area contributed by atoms with Crippen molar-refractivity contribution in [2.45, 2.75) is 25.2 Å². The van der Waals surface area contributed by atoms with Gasteiger partial charge < -0.3 is 0 Å². The van der Waals surface area contributed by atoms with Gasteiger partial charge in [0.15, 0.2) is 0 Å². The quantitative estimate of drug-likeness (QED) is 0.737. The molecule has 118 valence electrons. The number of imidazole rings is 1. The van der Waals surface area contributed by atoms with E-state index < -0.39 is 0 Å². The number of nitrogens with zero attached hydrogens (tertiary/aromatic N) is 3. The summed E-state index contributed by atoms with van der Waals surface area (Å²) in [5.41, 5.74) is 1.58. The Morgan fingerprint density at radius 2 is 2.00 bits per heavy atom. The van der Waals surface area contributed by atoms with Gasteiger partial charge in [-0.05, 0) is 43.4 Å². The SMILES string of the molecule is C/C=c1/[nH]n2/c(=C/c3ccc(SC)cc3)c(=O)nc-2nc1CC. The molecular formula is C17H18N4OS. The molecule has 1 N–H and O–H groups in total. The van der Waals surface area contributed by atoms with Gasteiger partial charge in [-0.3, -0.25) is 9.89 Å². The number of aromatic nitrogens is 4. The van der Waals surface area contributed by atoms with E-state index in [2.05, 4.69) is 15.1 Å². The van der Waals surface area contributed by atoms with Crippen LogP contribution < -0.4 is 16.3 Å². The highest BCUT2D eigenvalue weighted by Crippen LogP contribution is 2.14. The molecule has 0 spiro atoms. The third-order valence-corrected chi connectivity index (χ3v) is 4.43. The Kier molecular flexibility index (Phi) is 4.34. The zero-order chi connectivity index (χ0) is 16.4. The van der Waals surface area contributed by atoms with Gasteiger partial charge in [-0.15, -0.1) is 11.8 Å². The molecule has 2 heterocycles. The van der Waals surface area contributed by atoms with Crippen LogP contribution >= 0.6 is 11.8 Å². The van der Waals surface area contributed by atoms with Gasteiger partial charge in [0.25, 0.3) is 11.5 Å². The summed E-state index contributed by atoms with van der Waals surface area (Å²) in [4.78, 5) is 21.9. The molecule has 0 fully saturated rings. The fraction of sp³-hybridized carbons (Fsp3) is 0.235. The van der Waals surface area contributed by atoms with E-state index in [0.717, 1.165) is 23.0 Å². The molecule has 5 nitrogen and oxygen atoms in total. The van der Waals surface area contributed by atoms with Gasteiger partial charge in [-0.2, -0.15) is 4.98 Å². The third-order valence-electron chi connectivity index (χ3n) is 3.68. The first-order valence-corrected chi connectivity index (χ1v) is 8.68. The second-order valence-corrected chi connectivity index (χ2v) is 5.96. The number of rotatable bonds is 3. The number of H-pyrrole nitrogens is 1. The monoisotopic (exact) mass is 326 g/mol. The molecule has 0 unspecified atom stereocenters. The Balaban J connectivity index is 2.23. The lowest BCUT2D eigenvalue weighted by atomic mass is 10.2. The number of hydrogen-bond donors (Lipinski definition) is 1. The van der Waals surface area contributed by atoms with Gasteiger partial charge in [0.2, 0.25) is 0 Å². The molecule has 2 aliphatic rings. The molecule has 0 aromatic heterocycles. The number of aryl methyl sites for hydroxylation is 1. The highest BCUT2D eigenvalue weighted by molar-refractivity contribution is 7.98. The fourth-order valence-electron chi connectivity index (χ4n) is 2.44. The zero-order valence-corrected chi connectivity index (χ0v) is 14.1. The van der Waals surface area contributed by atoms with Crippen LogP contribution in [0.3, 0.4) is 0 Å². The summed E-state index contributed by atoms with van der Waals surface area (Å²) >= 11 is 1.69. The Hall–Kier alpha value is -2.34. The summed E-state index contributed by atoms with van der Waals surface area (Å²) < 4.78 is 1.65. The van der Waals surface area contributed by atoms with E-state index in [1.54, 1.807) is 16.4 Å². The van der Waals surface area contributed by atoms with E-state index in [1.807, 2.05) is 56.5 Å². The van der Waals surface area contributed by atoms with Crippen molar-refractivity contribution in [3.63, 3.8) is 0 Å². The van der Waals surface area contributed by atoms with Crippen LogP contribution in [0, 0.1) is 0 Å². The summed E-state index contributed by atoms with van der Waals surface area (Å²) in [7, 11) is 0. The first kappa shape index (κ1) is 15.6. The molecule has 0 amide bonds. The molecule has 2 aliphatic heterocycles. The predicted octanol–water partition coefficient (Wildman–Crippen LogP) is 1.31. The largest absolute Gasteiger partial charge is 0.299 e. The lowest BCUT2D eigenvalue weighted by Crippen LogP contribution is -2.33. The lowest BCUT2D eigenvalue weighted by molar-refractivity contribution is 0.732. The molecule has 0 aliphatic carbocycles. The second-order valence-electron chi connectivity index (χ2n) is 5.08. The highest BCUT2D eigenvalue weighted by atomic mass is 32.2. The van der Waals surface area contributed by atoms with Gasteiger partial charge in [0, 0.05) is 4.90 Å². The van der Waals surface area contributed by atoms with Gasteiger partial charge in [-0.25, -0.2) is 9.67 Å². The van der Waals surface area contributed by atoms with Gasteiger partial charge in [0.1, 0.15) is 5.35 Å². The minimum atomic E-state index is -0.280. The molecule has 0 bridgehead atoms. The standard InChI is InChI=1S/C17H18N4OS/c1-4-13-14(5-2)20-21-15(16(22)19-17(21)18-13)10-11-6-8-12(23-3)9-7-11/h5-10,20H,4H2,1-3H3/b14-5+,15-10+. The number of aromatic amines is 1. The first-order valence-electron chi connectivity index (χ1n) is 7.46. The maximum atomic E-state index is 12.2. The van der Waals surface area contributed by atoms with Crippen molar-refractivity contribution in [1.29, 1.82) is 0 Å². The predicted molar refractivity (Wildman–Crippen MR) is 93.7 cm³/mol. The van der Waals surface area contributed by atoms with Crippen LogP contribution in [-0.4, -0.2) is 26.0 Å². The number of benzene rings is 1. The summed E-state index contributed by atoms with van der Waals surface area (Å²) in [6, 6.07) is 8.05. The average molecular weight is 326 g/mol. The molecule has 0 radical (unpaired) electrons. The number of nitrogens with one attached hydrogen (secondary N) is 1. The van der Waals surface area contributed by atoms with Crippen LogP contribution in [0.4, 0.5) is 0 Å². The van der Waals surface area contributed by atoms with Crippen LogP contribution in [0.25, 0.3) is 18.1 Å². The third kappa shape index (κ3) is 2.94. The van der Waals surface area contributed by atoms with Crippen molar-refractivity contribution in [3.8, 4) is 5.95 Å². The van der Waals surface area contributed by atoms with Crippen molar-refractivity contribution in [2.24, 2.45) is 0 Å². The highest BCUT2D eigenvalue weighted by Gasteiger charge is 2.12. The fourth-order valence-corrected chi connectivity index (χ4v) is 2.85. The van der Waals surface area contributed by atoms with Crippen molar-refractivity contribution in [3.05, 3.63) is 56.6 Å². The molecule has 6 heteroatoms. The molecule has 0 atom stereocenters. The first-order chi connectivity index (χ1) is 11.2. The lowest BCUT2D eigenvalue weighted by Gasteiger charge is -2.06. The molecule has 23 heavy (non-hydrogen) atoms. The Labute approximate surface area is 138 Å². The van der Waals surface area contributed by atoms with Crippen molar-refractivity contribution in [1.82, 2.24) is 19.7 Å². The van der Waals surface area contributed by atoms with Crippen LogP contribution in [0.15, 0.2) is 34.0 Å². The second kappa shape index (κ2) is 6.42. The van der Waals surface area contributed by atoms with Crippen molar-refractivity contribution in [2.75, 3.05) is 6.26 Å². The van der Waals surface area contributed by atoms with E-state index >= 15 is 0 Å². The van der Waals surface area contributed by atoms with Crippen molar-refractivity contribution >= 4 is 23.9 Å². The Morgan fingerprint density at radius 3 is 2.61 bits per heavy atom. The number of thioether (sulfide) groups is 1. The topological polar surface area (TPSA) is 63.6 Å². The molecule has 0 saturated carbocycles. The maximum Gasteiger partial charge on any atom is 0.299 e. The van der Waals surface area contributed by atoms with E-state index in [1.165, 1.54) is 4.90 Å². The maximum absolute atomic E-state index is 12.2. The number of fused-ring (bicyclic) bond motifs is 1. The molecule has 3 rings (SSSR count).